The second-order valence-electron chi connectivity index (χ2n) is 2.33. The van der Waals surface area contributed by atoms with E-state index in [0.29, 0.717) is 13.3 Å². The molecule has 1 aromatic carbocycles. The average Bonchev–Trinajstić information content (AvgIpc) is 2.48. The summed E-state index contributed by atoms with van der Waals surface area (Å²) in [4.78, 5) is 0. The third kappa shape index (κ3) is 1.24. The number of fused-ring (bicyclic) bond motifs is 1. The molecule has 0 spiro atoms. The van der Waals surface area contributed by atoms with Crippen LogP contribution in [-0.2, 0) is 0 Å². The Kier molecular flexibility index (Phi) is 2.27. The molecule has 1 aromatic heterocycles. The van der Waals surface area contributed by atoms with E-state index in [1.165, 1.54) is 11.3 Å². The van der Waals surface area contributed by atoms with Crippen LogP contribution in [0.5, 0.6) is 0 Å². The first-order chi connectivity index (χ1) is 5.70. The van der Waals surface area contributed by atoms with Crippen LogP contribution in [0.1, 0.15) is 0 Å². The van der Waals surface area contributed by atoms with Gasteiger partial charge in [-0.15, -0.1) is 11.3 Å². The van der Waals surface area contributed by atoms with E-state index in [1.54, 1.807) is 6.07 Å². The molecule has 0 radical (unpaired) electrons. The third-order valence-electron chi connectivity index (χ3n) is 1.58. The Morgan fingerprint density at radius 1 is 1.50 bits per heavy atom. The molecule has 62 valence electrons. The van der Waals surface area contributed by atoms with E-state index in [1.807, 2.05) is 34.0 Å². The van der Waals surface area contributed by atoms with Crippen molar-refractivity contribution < 1.29 is 4.39 Å². The quantitative estimate of drug-likeness (QED) is 0.502. The predicted molar refractivity (Wildman–Crippen MR) is 59.5 cm³/mol. The number of halogens is 3. The Morgan fingerprint density at radius 2 is 2.25 bits per heavy atom. The van der Waals surface area contributed by atoms with Crippen molar-refractivity contribution in [3.63, 3.8) is 0 Å². The molecule has 2 rings (SSSR count). The van der Waals surface area contributed by atoms with Crippen LogP contribution >= 0.6 is 45.5 Å². The van der Waals surface area contributed by atoms with Gasteiger partial charge in [-0.25, -0.2) is 4.39 Å². The number of hydrogen-bond donors (Lipinski definition) is 0. The molecule has 0 bridgehead atoms. The van der Waals surface area contributed by atoms with Crippen LogP contribution in [0.15, 0.2) is 17.5 Å². The summed E-state index contributed by atoms with van der Waals surface area (Å²) in [6.45, 7) is 0. The highest BCUT2D eigenvalue weighted by Gasteiger charge is 2.10. The molecule has 0 aliphatic heterocycles. The second-order valence-corrected chi connectivity index (χ2v) is 4.73. The molecule has 0 N–H and O–H groups in total. The van der Waals surface area contributed by atoms with Crippen molar-refractivity contribution in [1.29, 1.82) is 0 Å². The lowest BCUT2D eigenvalue weighted by atomic mass is 10.2. The lowest BCUT2D eigenvalue weighted by Gasteiger charge is -1.98. The molecule has 0 fully saturated rings. The molecule has 12 heavy (non-hydrogen) atoms. The van der Waals surface area contributed by atoms with Gasteiger partial charge in [0.25, 0.3) is 0 Å². The number of thiophene rings is 1. The van der Waals surface area contributed by atoms with Gasteiger partial charge >= 0.3 is 0 Å². The minimum atomic E-state index is -0.201. The zero-order valence-corrected chi connectivity index (χ0v) is 9.50. The van der Waals surface area contributed by atoms with E-state index in [0.717, 1.165) is 5.39 Å². The molecular formula is C8H3ClFIS. The monoisotopic (exact) mass is 312 g/mol. The van der Waals surface area contributed by atoms with Crippen molar-refractivity contribution in [2.45, 2.75) is 0 Å². The highest BCUT2D eigenvalue weighted by atomic mass is 127. The van der Waals surface area contributed by atoms with Gasteiger partial charge in [-0.1, -0.05) is 11.6 Å². The van der Waals surface area contributed by atoms with Gasteiger partial charge < -0.3 is 0 Å². The average molecular weight is 313 g/mol. The van der Waals surface area contributed by atoms with E-state index in [9.17, 15) is 4.39 Å². The van der Waals surface area contributed by atoms with Gasteiger partial charge in [-0.3, -0.25) is 0 Å². The van der Waals surface area contributed by atoms with Crippen LogP contribution in [0.3, 0.4) is 0 Å². The second kappa shape index (κ2) is 3.12. The van der Waals surface area contributed by atoms with Crippen LogP contribution in [0.4, 0.5) is 4.39 Å². The van der Waals surface area contributed by atoms with Crippen LogP contribution < -0.4 is 0 Å². The van der Waals surface area contributed by atoms with E-state index in [4.69, 9.17) is 11.6 Å². The van der Waals surface area contributed by atoms with E-state index in [-0.39, 0.29) is 5.82 Å². The Labute approximate surface area is 91.5 Å². The summed E-state index contributed by atoms with van der Waals surface area (Å²) in [7, 11) is 0. The minimum absolute atomic E-state index is 0.201. The summed E-state index contributed by atoms with van der Waals surface area (Å²) in [5.41, 5.74) is 0. The molecule has 2 aromatic rings. The summed E-state index contributed by atoms with van der Waals surface area (Å²) in [6, 6.07) is 3.66. The van der Waals surface area contributed by atoms with Gasteiger partial charge in [0.05, 0.1) is 13.3 Å². The van der Waals surface area contributed by atoms with Crippen molar-refractivity contribution in [2.75, 3.05) is 0 Å². The largest absolute Gasteiger partial charge is 0.204 e. The summed E-state index contributed by atoms with van der Waals surface area (Å²) in [6.07, 6.45) is 0. The molecule has 0 atom stereocenters. The van der Waals surface area contributed by atoms with Crippen molar-refractivity contribution in [3.8, 4) is 0 Å². The summed E-state index contributed by atoms with van der Waals surface area (Å²) < 4.78 is 14.6. The third-order valence-corrected chi connectivity index (χ3v) is 4.17. The van der Waals surface area contributed by atoms with Crippen molar-refractivity contribution in [2.24, 2.45) is 0 Å². The standard InChI is InChI=1S/C8H3ClFIS/c9-5-3-4-1-2-12-8(4)6(10)7(5)11/h1-3H. The molecule has 0 nitrogen and oxygen atoms in total. The van der Waals surface area contributed by atoms with Gasteiger partial charge in [0.1, 0.15) is 0 Å². The van der Waals surface area contributed by atoms with Crippen LogP contribution in [-0.4, -0.2) is 0 Å². The van der Waals surface area contributed by atoms with Gasteiger partial charge in [0, 0.05) is 0 Å². The van der Waals surface area contributed by atoms with Gasteiger partial charge in [0.15, 0.2) is 5.82 Å². The molecule has 0 saturated carbocycles. The highest BCUT2D eigenvalue weighted by molar-refractivity contribution is 14.1. The molecule has 0 aliphatic carbocycles. The van der Waals surface area contributed by atoms with Crippen molar-refractivity contribution in [1.82, 2.24) is 0 Å². The topological polar surface area (TPSA) is 0 Å². The zero-order chi connectivity index (χ0) is 8.72. The maximum absolute atomic E-state index is 13.4. The van der Waals surface area contributed by atoms with Gasteiger partial charge in [-0.05, 0) is 45.5 Å². The molecule has 0 amide bonds. The summed E-state index contributed by atoms with van der Waals surface area (Å²) in [5, 5.41) is 3.22. The molecule has 0 unspecified atom stereocenters. The Balaban J connectivity index is 2.94. The number of rotatable bonds is 0. The van der Waals surface area contributed by atoms with E-state index in [2.05, 4.69) is 0 Å². The lowest BCUT2D eigenvalue weighted by molar-refractivity contribution is 0.634. The molecule has 0 saturated heterocycles. The maximum atomic E-state index is 13.4. The maximum Gasteiger partial charge on any atom is 0.155 e. The summed E-state index contributed by atoms with van der Waals surface area (Å²) in [5.74, 6) is -0.201. The molecule has 1 heterocycles. The van der Waals surface area contributed by atoms with E-state index < -0.39 is 0 Å². The van der Waals surface area contributed by atoms with Crippen LogP contribution in [0.25, 0.3) is 10.1 Å². The molecule has 0 aliphatic rings. The zero-order valence-electron chi connectivity index (χ0n) is 5.77. The van der Waals surface area contributed by atoms with Crippen LogP contribution in [0.2, 0.25) is 5.02 Å². The fourth-order valence-electron chi connectivity index (χ4n) is 1.02. The first-order valence-electron chi connectivity index (χ1n) is 3.21. The van der Waals surface area contributed by atoms with Gasteiger partial charge in [-0.2, -0.15) is 0 Å². The highest BCUT2D eigenvalue weighted by Crippen LogP contribution is 2.32. The Morgan fingerprint density at radius 3 is 3.00 bits per heavy atom. The predicted octanol–water partition coefficient (Wildman–Crippen LogP) is 4.30. The molecular weight excluding hydrogens is 310 g/mol. The normalized spacial score (nSPS) is 10.9. The van der Waals surface area contributed by atoms with Crippen molar-refractivity contribution >= 4 is 55.6 Å². The number of benzene rings is 1. The summed E-state index contributed by atoms with van der Waals surface area (Å²) >= 11 is 9.12. The fraction of sp³-hybridized carbons (Fsp3) is 0. The number of hydrogen-bond acceptors (Lipinski definition) is 1. The fourth-order valence-corrected chi connectivity index (χ4v) is 2.64. The lowest BCUT2D eigenvalue weighted by Crippen LogP contribution is -1.82. The van der Waals surface area contributed by atoms with Crippen LogP contribution in [0, 0.1) is 9.39 Å². The minimum Gasteiger partial charge on any atom is -0.204 e. The SMILES string of the molecule is Fc1c(I)c(Cl)cc2ccsc12. The van der Waals surface area contributed by atoms with E-state index >= 15 is 0 Å². The Bertz CT molecular complexity index is 438. The Hall–Kier alpha value is 0.130. The molecule has 4 heteroatoms. The van der Waals surface area contributed by atoms with Gasteiger partial charge in [0.2, 0.25) is 0 Å². The smallest absolute Gasteiger partial charge is 0.155 e. The first-order valence-corrected chi connectivity index (χ1v) is 5.54. The van der Waals surface area contributed by atoms with Crippen molar-refractivity contribution in [3.05, 3.63) is 31.9 Å². The first kappa shape index (κ1) is 8.72.